The zero-order valence-electron chi connectivity index (χ0n) is 21.3. The highest BCUT2D eigenvalue weighted by Gasteiger charge is 2.35. The molecule has 0 aliphatic carbocycles. The summed E-state index contributed by atoms with van der Waals surface area (Å²) in [6.45, 7) is 3.67. The molecule has 10 heteroatoms. The van der Waals surface area contributed by atoms with Crippen molar-refractivity contribution in [2.24, 2.45) is 4.99 Å². The number of allylic oxidation sites excluding steroid dienone is 1. The van der Waals surface area contributed by atoms with Crippen LogP contribution in [0.25, 0.3) is 6.08 Å². The number of methoxy groups -OCH3 is 3. The molecular formula is C27H29N3O6S. The first-order valence-electron chi connectivity index (χ1n) is 12.1. The molecule has 194 valence electrons. The van der Waals surface area contributed by atoms with E-state index in [1.54, 1.807) is 38.3 Å². The number of ether oxygens (including phenoxy) is 3. The number of thiazole rings is 1. The van der Waals surface area contributed by atoms with Crippen LogP contribution in [-0.2, 0) is 9.53 Å². The second-order valence-electron chi connectivity index (χ2n) is 8.90. The predicted molar refractivity (Wildman–Crippen MR) is 140 cm³/mol. The Labute approximate surface area is 217 Å². The van der Waals surface area contributed by atoms with Gasteiger partial charge in [0, 0.05) is 36.9 Å². The van der Waals surface area contributed by atoms with Crippen molar-refractivity contribution in [2.75, 3.05) is 39.3 Å². The maximum Gasteiger partial charge on any atom is 0.338 e. The summed E-state index contributed by atoms with van der Waals surface area (Å²) in [5.74, 6) is 1.91. The Balaban J connectivity index is 1.65. The average molecular weight is 524 g/mol. The topological polar surface area (TPSA) is 95.5 Å². The van der Waals surface area contributed by atoms with Crippen LogP contribution in [0.3, 0.4) is 0 Å². The van der Waals surface area contributed by atoms with Gasteiger partial charge in [-0.25, -0.2) is 9.79 Å². The number of aromatic nitrogens is 1. The molecule has 2 aliphatic rings. The van der Waals surface area contributed by atoms with Crippen molar-refractivity contribution in [3.05, 3.63) is 72.6 Å². The van der Waals surface area contributed by atoms with Gasteiger partial charge in [0.1, 0.15) is 23.3 Å². The lowest BCUT2D eigenvalue weighted by atomic mass is 9.95. The van der Waals surface area contributed by atoms with Crippen molar-refractivity contribution in [3.8, 4) is 11.5 Å². The van der Waals surface area contributed by atoms with Crippen LogP contribution in [0.5, 0.6) is 11.5 Å². The summed E-state index contributed by atoms with van der Waals surface area (Å²) >= 11 is 1.25. The van der Waals surface area contributed by atoms with Gasteiger partial charge in [-0.3, -0.25) is 9.36 Å². The molecule has 2 aliphatic heterocycles. The second kappa shape index (κ2) is 10.3. The first-order valence-corrected chi connectivity index (χ1v) is 12.9. The number of piperidine rings is 1. The minimum atomic E-state index is -0.785. The van der Waals surface area contributed by atoms with Gasteiger partial charge in [-0.15, -0.1) is 0 Å². The molecule has 1 atom stereocenters. The Morgan fingerprint density at radius 3 is 2.59 bits per heavy atom. The smallest absolute Gasteiger partial charge is 0.338 e. The van der Waals surface area contributed by atoms with Crippen molar-refractivity contribution >= 4 is 29.3 Å². The molecule has 0 bridgehead atoms. The third kappa shape index (κ3) is 4.57. The van der Waals surface area contributed by atoms with Crippen molar-refractivity contribution < 1.29 is 23.4 Å². The molecular weight excluding hydrogens is 494 g/mol. The molecule has 0 saturated carbocycles. The number of esters is 1. The molecule has 0 spiro atoms. The number of carbonyl (C=O) groups is 1. The molecule has 1 unspecified atom stereocenters. The Morgan fingerprint density at radius 2 is 1.89 bits per heavy atom. The highest BCUT2D eigenvalue weighted by atomic mass is 32.1. The van der Waals surface area contributed by atoms with Crippen LogP contribution in [0.1, 0.15) is 43.6 Å². The minimum absolute atomic E-state index is 0.273. The number of nitrogens with zero attached hydrogens (tertiary/aromatic N) is 3. The molecule has 2 aromatic heterocycles. The van der Waals surface area contributed by atoms with Gasteiger partial charge in [-0.2, -0.15) is 0 Å². The molecule has 0 radical (unpaired) electrons. The Bertz CT molecular complexity index is 1540. The highest BCUT2D eigenvalue weighted by Crippen LogP contribution is 2.37. The lowest BCUT2D eigenvalue weighted by molar-refractivity contribution is -0.136. The van der Waals surface area contributed by atoms with E-state index in [4.69, 9.17) is 18.6 Å². The summed E-state index contributed by atoms with van der Waals surface area (Å²) < 4.78 is 24.1. The van der Waals surface area contributed by atoms with E-state index in [-0.39, 0.29) is 11.1 Å². The summed E-state index contributed by atoms with van der Waals surface area (Å²) in [6.07, 6.45) is 5.26. The van der Waals surface area contributed by atoms with Gasteiger partial charge >= 0.3 is 5.97 Å². The molecule has 1 fully saturated rings. The third-order valence-corrected chi connectivity index (χ3v) is 7.70. The normalized spacial score (nSPS) is 17.9. The molecule has 1 saturated heterocycles. The third-order valence-electron chi connectivity index (χ3n) is 6.72. The highest BCUT2D eigenvalue weighted by molar-refractivity contribution is 7.07. The fourth-order valence-electron chi connectivity index (χ4n) is 4.86. The number of hydrogen-bond acceptors (Lipinski definition) is 9. The fraction of sp³-hybridized carbons (Fsp3) is 0.370. The van der Waals surface area contributed by atoms with E-state index in [9.17, 15) is 9.59 Å². The van der Waals surface area contributed by atoms with Gasteiger partial charge < -0.3 is 23.5 Å². The largest absolute Gasteiger partial charge is 0.497 e. The summed E-state index contributed by atoms with van der Waals surface area (Å²) in [4.78, 5) is 34.0. The van der Waals surface area contributed by atoms with E-state index in [0.717, 1.165) is 31.8 Å². The molecule has 5 rings (SSSR count). The van der Waals surface area contributed by atoms with Gasteiger partial charge in [0.05, 0.1) is 37.1 Å². The summed E-state index contributed by atoms with van der Waals surface area (Å²) in [5, 5.41) is 0. The Morgan fingerprint density at radius 1 is 1.11 bits per heavy atom. The Hall–Kier alpha value is -3.79. The van der Waals surface area contributed by atoms with E-state index in [1.165, 1.54) is 36.5 Å². The number of carbonyl (C=O) groups excluding carboxylic acids is 1. The fourth-order valence-corrected chi connectivity index (χ4v) is 5.89. The van der Waals surface area contributed by atoms with Crippen LogP contribution >= 0.6 is 11.3 Å². The van der Waals surface area contributed by atoms with Crippen molar-refractivity contribution in [3.63, 3.8) is 0 Å². The quantitative estimate of drug-likeness (QED) is 0.459. The first kappa shape index (κ1) is 24.9. The second-order valence-corrected chi connectivity index (χ2v) is 9.91. The van der Waals surface area contributed by atoms with E-state index >= 15 is 0 Å². The predicted octanol–water partition coefficient (Wildman–Crippen LogP) is 3.01. The van der Waals surface area contributed by atoms with Crippen molar-refractivity contribution in [1.82, 2.24) is 4.57 Å². The van der Waals surface area contributed by atoms with Gasteiger partial charge in [-0.05, 0) is 44.4 Å². The molecule has 1 aromatic carbocycles. The number of rotatable bonds is 6. The van der Waals surface area contributed by atoms with E-state index in [1.807, 2.05) is 12.1 Å². The average Bonchev–Trinajstić information content (AvgIpc) is 3.52. The molecule has 0 amide bonds. The minimum Gasteiger partial charge on any atom is -0.497 e. The number of benzene rings is 1. The molecule has 4 heterocycles. The van der Waals surface area contributed by atoms with E-state index in [2.05, 4.69) is 9.89 Å². The molecule has 0 N–H and O–H groups in total. The van der Waals surface area contributed by atoms with Crippen molar-refractivity contribution in [1.29, 1.82) is 0 Å². The van der Waals surface area contributed by atoms with Gasteiger partial charge in [0.2, 0.25) is 0 Å². The Kier molecular flexibility index (Phi) is 6.92. The SMILES string of the molecule is COC(=O)C1=C(C)N=c2s/c(=C/c3ccc(N4CCCCC4)o3)c(=O)n2C1c1ccc(OC)cc1OC. The number of anilines is 1. The molecule has 37 heavy (non-hydrogen) atoms. The maximum absolute atomic E-state index is 13.8. The number of hydrogen-bond donors (Lipinski definition) is 0. The van der Waals surface area contributed by atoms with Crippen LogP contribution < -0.4 is 29.3 Å². The van der Waals surface area contributed by atoms with E-state index in [0.29, 0.717) is 37.9 Å². The molecule has 3 aromatic rings. The summed E-state index contributed by atoms with van der Waals surface area (Å²) in [7, 11) is 4.41. The van der Waals surface area contributed by atoms with Crippen LogP contribution in [0.15, 0.2) is 55.8 Å². The number of fused-ring (bicyclic) bond motifs is 1. The lowest BCUT2D eigenvalue weighted by Gasteiger charge is -2.26. The maximum atomic E-state index is 13.8. The number of furan rings is 1. The van der Waals surface area contributed by atoms with Gasteiger partial charge in [-0.1, -0.05) is 11.3 Å². The van der Waals surface area contributed by atoms with Gasteiger partial charge in [0.25, 0.3) is 5.56 Å². The monoisotopic (exact) mass is 523 g/mol. The standard InChI is InChI=1S/C27H29N3O6S/c1-16-23(26(32)35-4)24(19-10-8-17(33-2)14-20(19)34-3)30-25(31)21(37-27(30)28-16)15-18-9-11-22(36-18)29-12-6-5-7-13-29/h8-11,14-15,24H,5-7,12-13H2,1-4H3/b21-15+. The molecule has 9 nitrogen and oxygen atoms in total. The summed E-state index contributed by atoms with van der Waals surface area (Å²) in [6, 6.07) is 8.31. The lowest BCUT2D eigenvalue weighted by Crippen LogP contribution is -2.40. The van der Waals surface area contributed by atoms with Crippen LogP contribution in [0.2, 0.25) is 0 Å². The van der Waals surface area contributed by atoms with Gasteiger partial charge in [0.15, 0.2) is 10.7 Å². The van der Waals surface area contributed by atoms with Crippen LogP contribution in [0.4, 0.5) is 5.88 Å². The van der Waals surface area contributed by atoms with E-state index < -0.39 is 12.0 Å². The zero-order valence-corrected chi connectivity index (χ0v) is 22.1. The first-order chi connectivity index (χ1) is 17.9. The van der Waals surface area contributed by atoms with Crippen molar-refractivity contribution in [2.45, 2.75) is 32.2 Å². The van der Waals surface area contributed by atoms with Crippen LogP contribution in [0, 0.1) is 0 Å². The summed E-state index contributed by atoms with van der Waals surface area (Å²) in [5.41, 5.74) is 1.09. The zero-order chi connectivity index (χ0) is 26.1. The van der Waals surface area contributed by atoms with Crippen LogP contribution in [-0.4, -0.2) is 45.0 Å².